The van der Waals surface area contributed by atoms with E-state index in [4.69, 9.17) is 4.74 Å². The summed E-state index contributed by atoms with van der Waals surface area (Å²) in [4.78, 5) is 11.4. The van der Waals surface area contributed by atoms with Gasteiger partial charge in [0.1, 0.15) is 16.2 Å². The molecule has 1 aliphatic rings. The Morgan fingerprint density at radius 2 is 2.33 bits per heavy atom. The van der Waals surface area contributed by atoms with Crippen molar-refractivity contribution in [3.8, 4) is 0 Å². The molecule has 0 N–H and O–H groups in total. The fourth-order valence-corrected chi connectivity index (χ4v) is 2.56. The zero-order valence-electron chi connectivity index (χ0n) is 11.0. The molecule has 1 aliphatic heterocycles. The first-order valence-corrected chi connectivity index (χ1v) is 7.38. The van der Waals surface area contributed by atoms with Crippen molar-refractivity contribution in [3.05, 3.63) is 16.5 Å². The van der Waals surface area contributed by atoms with E-state index in [2.05, 4.69) is 44.6 Å². The Labute approximate surface area is 117 Å². The number of halogens is 1. The maximum Gasteiger partial charge on any atom is 0.133 e. The molecule has 5 heteroatoms. The first kappa shape index (κ1) is 13.7. The number of hydrogen-bond donors (Lipinski definition) is 0. The van der Waals surface area contributed by atoms with Gasteiger partial charge in [-0.2, -0.15) is 0 Å². The Balaban J connectivity index is 2.19. The molecular weight excluding hydrogens is 294 g/mol. The molecule has 0 radical (unpaired) electrons. The molecule has 0 spiro atoms. The lowest BCUT2D eigenvalue weighted by molar-refractivity contribution is 0.0820. The molecule has 1 saturated heterocycles. The monoisotopic (exact) mass is 313 g/mol. The van der Waals surface area contributed by atoms with Crippen LogP contribution in [0.4, 0.5) is 5.82 Å². The van der Waals surface area contributed by atoms with Crippen molar-refractivity contribution in [2.75, 3.05) is 24.6 Å². The molecule has 1 aromatic heterocycles. The van der Waals surface area contributed by atoms with Gasteiger partial charge in [-0.05, 0) is 35.7 Å². The molecule has 2 rings (SSSR count). The molecule has 4 nitrogen and oxygen atoms in total. The minimum atomic E-state index is 0.260. The number of ether oxygens (including phenoxy) is 1. The van der Waals surface area contributed by atoms with Gasteiger partial charge in [-0.1, -0.05) is 6.92 Å². The van der Waals surface area contributed by atoms with Gasteiger partial charge in [-0.25, -0.2) is 9.97 Å². The third-order valence-corrected chi connectivity index (χ3v) is 3.38. The predicted molar refractivity (Wildman–Crippen MR) is 76.0 cm³/mol. The molecule has 0 aliphatic carbocycles. The number of nitrogens with zero attached hydrogens (tertiary/aromatic N) is 3. The number of rotatable bonds is 3. The van der Waals surface area contributed by atoms with Gasteiger partial charge in [0.05, 0.1) is 6.10 Å². The van der Waals surface area contributed by atoms with Crippen LogP contribution in [0.5, 0.6) is 0 Å². The molecule has 100 valence electrons. The second-order valence-electron chi connectivity index (χ2n) is 4.70. The van der Waals surface area contributed by atoms with Gasteiger partial charge in [-0.15, -0.1) is 0 Å². The highest BCUT2D eigenvalue weighted by atomic mass is 79.9. The van der Waals surface area contributed by atoms with Crippen molar-refractivity contribution < 1.29 is 4.74 Å². The first-order valence-electron chi connectivity index (χ1n) is 6.59. The number of hydrogen-bond acceptors (Lipinski definition) is 4. The lowest BCUT2D eigenvalue weighted by Crippen LogP contribution is -2.31. The maximum absolute atomic E-state index is 5.67. The van der Waals surface area contributed by atoms with Gasteiger partial charge in [0, 0.05) is 32.2 Å². The fraction of sp³-hybridized carbons (Fsp3) is 0.692. The van der Waals surface area contributed by atoms with Crippen LogP contribution in [0.15, 0.2) is 10.7 Å². The van der Waals surface area contributed by atoms with Crippen LogP contribution >= 0.6 is 15.9 Å². The van der Waals surface area contributed by atoms with Crippen molar-refractivity contribution in [1.29, 1.82) is 0 Å². The Hall–Kier alpha value is -0.680. The average Bonchev–Trinajstić information content (AvgIpc) is 2.53. The zero-order valence-corrected chi connectivity index (χ0v) is 12.6. The lowest BCUT2D eigenvalue weighted by Gasteiger charge is -2.23. The van der Waals surface area contributed by atoms with Crippen LogP contribution in [-0.2, 0) is 11.2 Å². The van der Waals surface area contributed by atoms with Crippen molar-refractivity contribution in [1.82, 2.24) is 9.97 Å². The van der Waals surface area contributed by atoms with Crippen molar-refractivity contribution in [3.63, 3.8) is 0 Å². The molecular formula is C13H20BrN3O. The van der Waals surface area contributed by atoms with E-state index in [0.29, 0.717) is 0 Å². The van der Waals surface area contributed by atoms with E-state index >= 15 is 0 Å². The summed E-state index contributed by atoms with van der Waals surface area (Å²) in [6, 6.07) is 2.00. The molecule has 18 heavy (non-hydrogen) atoms. The van der Waals surface area contributed by atoms with Gasteiger partial charge in [0.15, 0.2) is 0 Å². The average molecular weight is 314 g/mol. The summed E-state index contributed by atoms with van der Waals surface area (Å²) in [5, 5.41) is 0. The molecule has 0 aromatic carbocycles. The first-order chi connectivity index (χ1) is 8.69. The normalized spacial score (nSPS) is 20.8. The smallest absolute Gasteiger partial charge is 0.133 e. The SMILES string of the molecule is CCCc1nc(Br)cc(N2CCCOC(C)C2)n1. The Morgan fingerprint density at radius 3 is 3.11 bits per heavy atom. The topological polar surface area (TPSA) is 38.2 Å². The van der Waals surface area contributed by atoms with E-state index in [1.807, 2.05) is 6.07 Å². The van der Waals surface area contributed by atoms with Gasteiger partial charge >= 0.3 is 0 Å². The summed E-state index contributed by atoms with van der Waals surface area (Å²) < 4.78 is 6.53. The lowest BCUT2D eigenvalue weighted by atomic mass is 10.3. The highest BCUT2D eigenvalue weighted by Crippen LogP contribution is 2.19. The largest absolute Gasteiger partial charge is 0.377 e. The highest BCUT2D eigenvalue weighted by Gasteiger charge is 2.17. The van der Waals surface area contributed by atoms with Crippen LogP contribution < -0.4 is 4.90 Å². The summed E-state index contributed by atoms with van der Waals surface area (Å²) in [5.41, 5.74) is 0. The Bertz CT molecular complexity index is 400. The summed E-state index contributed by atoms with van der Waals surface area (Å²) in [6.45, 7) is 6.99. The summed E-state index contributed by atoms with van der Waals surface area (Å²) in [5.74, 6) is 1.93. The van der Waals surface area contributed by atoms with Gasteiger partial charge in [0.25, 0.3) is 0 Å². The second-order valence-corrected chi connectivity index (χ2v) is 5.51. The maximum atomic E-state index is 5.67. The quantitative estimate of drug-likeness (QED) is 0.804. The van der Waals surface area contributed by atoms with Crippen molar-refractivity contribution in [2.24, 2.45) is 0 Å². The second kappa shape index (κ2) is 6.48. The summed E-state index contributed by atoms with van der Waals surface area (Å²) in [6.07, 6.45) is 3.30. The molecule has 1 unspecified atom stereocenters. The van der Waals surface area contributed by atoms with Crippen LogP contribution in [0, 0.1) is 0 Å². The molecule has 0 bridgehead atoms. The van der Waals surface area contributed by atoms with Crippen LogP contribution in [0.2, 0.25) is 0 Å². The molecule has 1 aromatic rings. The van der Waals surface area contributed by atoms with Crippen LogP contribution in [0.1, 0.15) is 32.5 Å². The van der Waals surface area contributed by atoms with E-state index in [9.17, 15) is 0 Å². The van der Waals surface area contributed by atoms with Gasteiger partial charge in [0.2, 0.25) is 0 Å². The standard InChI is InChI=1S/C13H20BrN3O/c1-3-5-12-15-11(14)8-13(16-12)17-6-4-7-18-10(2)9-17/h8,10H,3-7,9H2,1-2H3. The molecule has 1 atom stereocenters. The highest BCUT2D eigenvalue weighted by molar-refractivity contribution is 9.10. The Kier molecular flexibility index (Phi) is 4.95. The van der Waals surface area contributed by atoms with E-state index < -0.39 is 0 Å². The van der Waals surface area contributed by atoms with E-state index in [0.717, 1.165) is 55.2 Å². The minimum Gasteiger partial charge on any atom is -0.377 e. The third kappa shape index (κ3) is 3.65. The van der Waals surface area contributed by atoms with Crippen molar-refractivity contribution >= 4 is 21.7 Å². The van der Waals surface area contributed by atoms with Gasteiger partial charge < -0.3 is 9.64 Å². The minimum absolute atomic E-state index is 0.260. The summed E-state index contributed by atoms with van der Waals surface area (Å²) in [7, 11) is 0. The Morgan fingerprint density at radius 1 is 1.50 bits per heavy atom. The zero-order chi connectivity index (χ0) is 13.0. The third-order valence-electron chi connectivity index (χ3n) is 2.98. The summed E-state index contributed by atoms with van der Waals surface area (Å²) >= 11 is 3.48. The van der Waals surface area contributed by atoms with Crippen LogP contribution in [-0.4, -0.2) is 35.8 Å². The number of anilines is 1. The van der Waals surface area contributed by atoms with Crippen molar-refractivity contribution in [2.45, 2.75) is 39.2 Å². The molecule has 0 saturated carbocycles. The van der Waals surface area contributed by atoms with Crippen LogP contribution in [0.25, 0.3) is 0 Å². The number of aromatic nitrogens is 2. The predicted octanol–water partition coefficient (Wildman–Crippen LogP) is 2.81. The molecule has 0 amide bonds. The number of aryl methyl sites for hydroxylation is 1. The van der Waals surface area contributed by atoms with E-state index in [1.165, 1.54) is 0 Å². The van der Waals surface area contributed by atoms with Gasteiger partial charge in [-0.3, -0.25) is 0 Å². The van der Waals surface area contributed by atoms with E-state index in [1.54, 1.807) is 0 Å². The fourth-order valence-electron chi connectivity index (χ4n) is 2.15. The van der Waals surface area contributed by atoms with E-state index in [-0.39, 0.29) is 6.10 Å². The molecule has 1 fully saturated rings. The van der Waals surface area contributed by atoms with Crippen LogP contribution in [0.3, 0.4) is 0 Å². The molecule has 2 heterocycles.